The first-order valence-electron chi connectivity index (χ1n) is 7.03. The molecule has 1 aliphatic rings. The van der Waals surface area contributed by atoms with Crippen LogP contribution in [0.15, 0.2) is 41.8 Å². The summed E-state index contributed by atoms with van der Waals surface area (Å²) in [5, 5.41) is 5.59. The van der Waals surface area contributed by atoms with Gasteiger partial charge in [-0.25, -0.2) is 0 Å². The molecule has 1 saturated heterocycles. The van der Waals surface area contributed by atoms with Crippen molar-refractivity contribution in [1.29, 1.82) is 0 Å². The van der Waals surface area contributed by atoms with Crippen molar-refractivity contribution in [3.8, 4) is 0 Å². The molecule has 0 bridgehead atoms. The van der Waals surface area contributed by atoms with E-state index < -0.39 is 0 Å². The van der Waals surface area contributed by atoms with Crippen LogP contribution in [0.4, 0.5) is 11.4 Å². The van der Waals surface area contributed by atoms with Gasteiger partial charge in [0.2, 0.25) is 0 Å². The zero-order valence-corrected chi connectivity index (χ0v) is 12.0. The van der Waals surface area contributed by atoms with Crippen LogP contribution in [-0.4, -0.2) is 13.1 Å². The van der Waals surface area contributed by atoms with Crippen LogP contribution in [-0.2, 0) is 6.54 Å². The van der Waals surface area contributed by atoms with Crippen LogP contribution in [0.2, 0.25) is 0 Å². The van der Waals surface area contributed by atoms with Gasteiger partial charge in [0.05, 0.1) is 0 Å². The quantitative estimate of drug-likeness (QED) is 0.890. The Bertz CT molecular complexity index is 484. The molecule has 0 amide bonds. The summed E-state index contributed by atoms with van der Waals surface area (Å²) >= 11 is 1.80. The van der Waals surface area contributed by atoms with E-state index in [-0.39, 0.29) is 0 Å². The highest BCUT2D eigenvalue weighted by Crippen LogP contribution is 2.22. The van der Waals surface area contributed by atoms with Crippen molar-refractivity contribution in [2.75, 3.05) is 23.3 Å². The standard InChI is InChI=1S/C16H20N2S/c1-2-10-18(11-3-1)15-8-6-14(7-9-15)17-13-16-5-4-12-19-16/h4-9,12,17H,1-3,10-11,13H2. The Hall–Kier alpha value is -1.48. The van der Waals surface area contributed by atoms with Gasteiger partial charge in [-0.15, -0.1) is 11.3 Å². The zero-order chi connectivity index (χ0) is 12.9. The number of nitrogens with zero attached hydrogens (tertiary/aromatic N) is 1. The van der Waals surface area contributed by atoms with Crippen LogP contribution in [0.3, 0.4) is 0 Å². The van der Waals surface area contributed by atoms with E-state index >= 15 is 0 Å². The highest BCUT2D eigenvalue weighted by Gasteiger charge is 2.10. The van der Waals surface area contributed by atoms with Crippen LogP contribution in [0, 0.1) is 0 Å². The van der Waals surface area contributed by atoms with Gasteiger partial charge in [0.25, 0.3) is 0 Å². The molecular weight excluding hydrogens is 252 g/mol. The molecule has 3 heteroatoms. The second kappa shape index (κ2) is 6.11. The Morgan fingerprint density at radius 3 is 2.47 bits per heavy atom. The molecule has 1 fully saturated rings. The zero-order valence-electron chi connectivity index (χ0n) is 11.1. The number of benzene rings is 1. The molecule has 2 heterocycles. The van der Waals surface area contributed by atoms with E-state index in [0.29, 0.717) is 0 Å². The van der Waals surface area contributed by atoms with Crippen molar-refractivity contribution in [2.24, 2.45) is 0 Å². The van der Waals surface area contributed by atoms with Gasteiger partial charge in [-0.05, 0) is 55.0 Å². The van der Waals surface area contributed by atoms with Crippen molar-refractivity contribution < 1.29 is 0 Å². The summed E-state index contributed by atoms with van der Waals surface area (Å²) in [5.74, 6) is 0. The highest BCUT2D eigenvalue weighted by atomic mass is 32.1. The first-order valence-corrected chi connectivity index (χ1v) is 7.91. The monoisotopic (exact) mass is 272 g/mol. The summed E-state index contributed by atoms with van der Waals surface area (Å²) < 4.78 is 0. The normalized spacial score (nSPS) is 15.5. The first-order chi connectivity index (χ1) is 9.42. The first kappa shape index (κ1) is 12.5. The number of anilines is 2. The predicted octanol–water partition coefficient (Wildman–Crippen LogP) is 4.35. The molecular formula is C16H20N2S. The summed E-state index contributed by atoms with van der Waals surface area (Å²) in [6, 6.07) is 13.1. The lowest BCUT2D eigenvalue weighted by atomic mass is 10.1. The minimum absolute atomic E-state index is 0.917. The molecule has 0 unspecified atom stereocenters. The average molecular weight is 272 g/mol. The van der Waals surface area contributed by atoms with Gasteiger partial charge in [-0.3, -0.25) is 0 Å². The van der Waals surface area contributed by atoms with Crippen LogP contribution in [0.5, 0.6) is 0 Å². The predicted molar refractivity (Wildman–Crippen MR) is 84.2 cm³/mol. The molecule has 0 spiro atoms. The van der Waals surface area contributed by atoms with Crippen molar-refractivity contribution in [1.82, 2.24) is 0 Å². The SMILES string of the molecule is c1csc(CNc2ccc(N3CCCCC3)cc2)c1. The third-order valence-corrected chi connectivity index (χ3v) is 4.51. The molecule has 1 aliphatic heterocycles. The minimum Gasteiger partial charge on any atom is -0.380 e. The summed E-state index contributed by atoms with van der Waals surface area (Å²) in [6.07, 6.45) is 4.05. The Morgan fingerprint density at radius 1 is 1.00 bits per heavy atom. The van der Waals surface area contributed by atoms with Crippen molar-refractivity contribution in [3.05, 3.63) is 46.7 Å². The number of thiophene rings is 1. The van der Waals surface area contributed by atoms with Gasteiger partial charge >= 0.3 is 0 Å². The van der Waals surface area contributed by atoms with Gasteiger partial charge < -0.3 is 10.2 Å². The van der Waals surface area contributed by atoms with E-state index in [1.54, 1.807) is 11.3 Å². The maximum Gasteiger partial charge on any atom is 0.0494 e. The Balaban J connectivity index is 1.58. The number of rotatable bonds is 4. The molecule has 19 heavy (non-hydrogen) atoms. The van der Waals surface area contributed by atoms with Gasteiger partial charge in [0.1, 0.15) is 0 Å². The average Bonchev–Trinajstić information content (AvgIpc) is 3.00. The Labute approximate surface area is 119 Å². The topological polar surface area (TPSA) is 15.3 Å². The molecule has 0 aliphatic carbocycles. The third-order valence-electron chi connectivity index (χ3n) is 3.64. The number of hydrogen-bond acceptors (Lipinski definition) is 3. The van der Waals surface area contributed by atoms with Crippen LogP contribution < -0.4 is 10.2 Å². The molecule has 0 atom stereocenters. The summed E-state index contributed by atoms with van der Waals surface area (Å²) in [5.41, 5.74) is 2.57. The smallest absolute Gasteiger partial charge is 0.0494 e. The largest absolute Gasteiger partial charge is 0.380 e. The third kappa shape index (κ3) is 3.29. The van der Waals surface area contributed by atoms with Crippen LogP contribution in [0.25, 0.3) is 0 Å². The van der Waals surface area contributed by atoms with Gasteiger partial charge in [-0.2, -0.15) is 0 Å². The number of hydrogen-bond donors (Lipinski definition) is 1. The Morgan fingerprint density at radius 2 is 1.79 bits per heavy atom. The fourth-order valence-electron chi connectivity index (χ4n) is 2.54. The van der Waals surface area contributed by atoms with Crippen LogP contribution >= 0.6 is 11.3 Å². The minimum atomic E-state index is 0.917. The molecule has 2 nitrogen and oxygen atoms in total. The maximum atomic E-state index is 3.47. The van der Waals surface area contributed by atoms with E-state index in [1.807, 2.05) is 0 Å². The summed E-state index contributed by atoms with van der Waals surface area (Å²) in [7, 11) is 0. The molecule has 2 aromatic rings. The van der Waals surface area contributed by atoms with E-state index in [4.69, 9.17) is 0 Å². The molecule has 1 aromatic carbocycles. The molecule has 0 saturated carbocycles. The molecule has 1 aromatic heterocycles. The summed E-state index contributed by atoms with van der Waals surface area (Å²) in [4.78, 5) is 3.87. The fraction of sp³-hybridized carbons (Fsp3) is 0.375. The Kier molecular flexibility index (Phi) is 4.04. The second-order valence-corrected chi connectivity index (χ2v) is 6.06. The van der Waals surface area contributed by atoms with E-state index in [1.165, 1.54) is 48.6 Å². The van der Waals surface area contributed by atoms with E-state index in [0.717, 1.165) is 6.54 Å². The van der Waals surface area contributed by atoms with Gasteiger partial charge in [-0.1, -0.05) is 6.07 Å². The second-order valence-electron chi connectivity index (χ2n) is 5.03. The van der Waals surface area contributed by atoms with Crippen molar-refractivity contribution in [2.45, 2.75) is 25.8 Å². The van der Waals surface area contributed by atoms with Crippen LogP contribution in [0.1, 0.15) is 24.1 Å². The van der Waals surface area contributed by atoms with E-state index in [2.05, 4.69) is 52.0 Å². The molecule has 0 radical (unpaired) electrons. The summed E-state index contributed by atoms with van der Waals surface area (Å²) in [6.45, 7) is 3.34. The van der Waals surface area contributed by atoms with E-state index in [9.17, 15) is 0 Å². The van der Waals surface area contributed by atoms with Gasteiger partial charge in [0.15, 0.2) is 0 Å². The fourth-order valence-corrected chi connectivity index (χ4v) is 3.19. The lowest BCUT2D eigenvalue weighted by molar-refractivity contribution is 0.578. The highest BCUT2D eigenvalue weighted by molar-refractivity contribution is 7.09. The van der Waals surface area contributed by atoms with Crippen molar-refractivity contribution >= 4 is 22.7 Å². The molecule has 100 valence electrons. The number of nitrogens with one attached hydrogen (secondary N) is 1. The lowest BCUT2D eigenvalue weighted by Gasteiger charge is -2.28. The molecule has 3 rings (SSSR count). The molecule has 1 N–H and O–H groups in total. The van der Waals surface area contributed by atoms with Gasteiger partial charge in [0, 0.05) is 35.9 Å². The maximum absolute atomic E-state index is 3.47. The lowest BCUT2D eigenvalue weighted by Crippen LogP contribution is -2.29. The number of piperidine rings is 1. The van der Waals surface area contributed by atoms with Crippen molar-refractivity contribution in [3.63, 3.8) is 0 Å².